The maximum atomic E-state index is 13.1. The topological polar surface area (TPSA) is 26.3 Å². The minimum absolute atomic E-state index is 0.0167. The number of carbonyl (C=O) groups excluding carboxylic acids is 1. The minimum Gasteiger partial charge on any atom is -0.500 e. The van der Waals surface area contributed by atoms with Crippen molar-refractivity contribution in [3.8, 4) is 0 Å². The summed E-state index contributed by atoms with van der Waals surface area (Å²) in [4.78, 5) is 12.2. The van der Waals surface area contributed by atoms with Gasteiger partial charge in [-0.15, -0.1) is 0 Å². The molecule has 0 rings (SSSR count). The third-order valence-electron chi connectivity index (χ3n) is 4.15. The van der Waals surface area contributed by atoms with Crippen LogP contribution in [-0.4, -0.2) is 19.1 Å². The van der Waals surface area contributed by atoms with E-state index in [1.54, 1.807) is 13.2 Å². The normalized spacial score (nSPS) is 16.1. The molecule has 0 aromatic carbocycles. The van der Waals surface area contributed by atoms with E-state index in [0.717, 1.165) is 12.8 Å². The van der Waals surface area contributed by atoms with E-state index in [1.807, 2.05) is 6.92 Å². The molecule has 0 aliphatic heterocycles. The molecule has 2 unspecified atom stereocenters. The highest BCUT2D eigenvalue weighted by atomic mass is 19.1. The van der Waals surface area contributed by atoms with E-state index in [-0.39, 0.29) is 23.5 Å². The van der Waals surface area contributed by atoms with Gasteiger partial charge in [-0.05, 0) is 32.6 Å². The minimum atomic E-state index is -0.947. The standard InChI is InChI=1S/C16H29FO2/c1-7-13(10-12(4)17)14(18)11-15(19-6)16(5,8-2)9-3/h11-13H,7-10H2,1-6H3/b15-11-. The number of hydrogen-bond acceptors (Lipinski definition) is 2. The van der Waals surface area contributed by atoms with Gasteiger partial charge in [-0.3, -0.25) is 4.79 Å². The van der Waals surface area contributed by atoms with Crippen LogP contribution in [0.4, 0.5) is 4.39 Å². The fraction of sp³-hybridized carbons (Fsp3) is 0.812. The van der Waals surface area contributed by atoms with Crippen molar-refractivity contribution < 1.29 is 13.9 Å². The molecule has 112 valence electrons. The van der Waals surface area contributed by atoms with Gasteiger partial charge in [0.1, 0.15) is 5.76 Å². The van der Waals surface area contributed by atoms with Gasteiger partial charge in [0, 0.05) is 17.4 Å². The van der Waals surface area contributed by atoms with Crippen LogP contribution in [-0.2, 0) is 9.53 Å². The van der Waals surface area contributed by atoms with Crippen molar-refractivity contribution >= 4 is 5.78 Å². The van der Waals surface area contributed by atoms with Crippen LogP contribution < -0.4 is 0 Å². The first kappa shape index (κ1) is 18.1. The molecule has 0 aromatic rings. The van der Waals surface area contributed by atoms with Crippen molar-refractivity contribution in [2.24, 2.45) is 11.3 Å². The zero-order valence-electron chi connectivity index (χ0n) is 13.3. The smallest absolute Gasteiger partial charge is 0.162 e. The van der Waals surface area contributed by atoms with Gasteiger partial charge < -0.3 is 4.74 Å². The highest BCUT2D eigenvalue weighted by Crippen LogP contribution is 2.35. The third-order valence-corrected chi connectivity index (χ3v) is 4.15. The molecular formula is C16H29FO2. The number of halogens is 1. The van der Waals surface area contributed by atoms with E-state index in [2.05, 4.69) is 20.8 Å². The van der Waals surface area contributed by atoms with Crippen LogP contribution in [0.3, 0.4) is 0 Å². The number of ketones is 1. The maximum absolute atomic E-state index is 13.1. The van der Waals surface area contributed by atoms with Crippen molar-refractivity contribution in [3.63, 3.8) is 0 Å². The first-order chi connectivity index (χ1) is 8.84. The Hall–Kier alpha value is -0.860. The summed E-state index contributed by atoms with van der Waals surface area (Å²) in [5.74, 6) is 0.451. The van der Waals surface area contributed by atoms with Gasteiger partial charge in [-0.1, -0.05) is 27.7 Å². The SMILES string of the molecule is CCC(CC(C)F)C(=O)/C=C(\OC)C(C)(CC)CC. The second-order valence-electron chi connectivity index (χ2n) is 5.50. The Morgan fingerprint density at radius 2 is 1.84 bits per heavy atom. The lowest BCUT2D eigenvalue weighted by atomic mass is 9.81. The second kappa shape index (κ2) is 8.34. The molecule has 0 aromatic heterocycles. The van der Waals surface area contributed by atoms with Crippen molar-refractivity contribution in [2.45, 2.75) is 66.5 Å². The van der Waals surface area contributed by atoms with Gasteiger partial charge in [0.05, 0.1) is 13.3 Å². The van der Waals surface area contributed by atoms with E-state index in [1.165, 1.54) is 6.92 Å². The molecule has 19 heavy (non-hydrogen) atoms. The first-order valence-electron chi connectivity index (χ1n) is 7.28. The van der Waals surface area contributed by atoms with E-state index in [9.17, 15) is 9.18 Å². The molecule has 0 spiro atoms. The largest absolute Gasteiger partial charge is 0.500 e. The van der Waals surface area contributed by atoms with E-state index in [0.29, 0.717) is 12.2 Å². The van der Waals surface area contributed by atoms with E-state index >= 15 is 0 Å². The van der Waals surface area contributed by atoms with Crippen LogP contribution >= 0.6 is 0 Å². The summed E-state index contributed by atoms with van der Waals surface area (Å²) in [6, 6.07) is 0. The molecule has 0 aliphatic carbocycles. The highest BCUT2D eigenvalue weighted by Gasteiger charge is 2.28. The Kier molecular flexibility index (Phi) is 7.96. The predicted octanol–water partition coefficient (Wildman–Crippen LogP) is 4.69. The monoisotopic (exact) mass is 272 g/mol. The van der Waals surface area contributed by atoms with Gasteiger partial charge in [0.15, 0.2) is 5.78 Å². The van der Waals surface area contributed by atoms with Gasteiger partial charge in [-0.25, -0.2) is 4.39 Å². The number of carbonyl (C=O) groups is 1. The third kappa shape index (κ3) is 5.33. The summed E-state index contributed by atoms with van der Waals surface area (Å²) in [6.45, 7) is 9.68. The van der Waals surface area contributed by atoms with Gasteiger partial charge in [-0.2, -0.15) is 0 Å². The summed E-state index contributed by atoms with van der Waals surface area (Å²) >= 11 is 0. The predicted molar refractivity (Wildman–Crippen MR) is 77.8 cm³/mol. The number of ether oxygens (including phenoxy) is 1. The Bertz CT molecular complexity index is 304. The van der Waals surface area contributed by atoms with E-state index < -0.39 is 6.17 Å². The Morgan fingerprint density at radius 1 is 1.32 bits per heavy atom. The fourth-order valence-electron chi connectivity index (χ4n) is 2.20. The van der Waals surface area contributed by atoms with Crippen molar-refractivity contribution in [1.29, 1.82) is 0 Å². The average molecular weight is 272 g/mol. The number of allylic oxidation sites excluding steroid dienone is 2. The molecule has 0 radical (unpaired) electrons. The summed E-state index contributed by atoms with van der Waals surface area (Å²) in [5.41, 5.74) is -0.121. The molecule has 2 atom stereocenters. The number of methoxy groups -OCH3 is 1. The molecule has 0 heterocycles. The number of alkyl halides is 1. The quantitative estimate of drug-likeness (QED) is 0.450. The Balaban J connectivity index is 5.09. The van der Waals surface area contributed by atoms with Crippen LogP contribution in [0.5, 0.6) is 0 Å². The molecule has 0 aliphatic rings. The molecule has 0 saturated carbocycles. The maximum Gasteiger partial charge on any atom is 0.162 e. The molecule has 2 nitrogen and oxygen atoms in total. The lowest BCUT2D eigenvalue weighted by Crippen LogP contribution is -2.22. The second-order valence-corrected chi connectivity index (χ2v) is 5.50. The Labute approximate surface area is 117 Å². The van der Waals surface area contributed by atoms with Gasteiger partial charge in [0.2, 0.25) is 0 Å². The molecule has 0 fully saturated rings. The highest BCUT2D eigenvalue weighted by molar-refractivity contribution is 5.92. The molecular weight excluding hydrogens is 243 g/mol. The Morgan fingerprint density at radius 3 is 2.16 bits per heavy atom. The molecule has 0 bridgehead atoms. The first-order valence-corrected chi connectivity index (χ1v) is 7.28. The molecule has 0 amide bonds. The van der Waals surface area contributed by atoms with Gasteiger partial charge in [0.25, 0.3) is 0 Å². The number of hydrogen-bond donors (Lipinski definition) is 0. The van der Waals surface area contributed by atoms with Crippen LogP contribution in [0.2, 0.25) is 0 Å². The van der Waals surface area contributed by atoms with Crippen LogP contribution in [0.25, 0.3) is 0 Å². The van der Waals surface area contributed by atoms with Crippen LogP contribution in [0.1, 0.15) is 60.3 Å². The number of rotatable bonds is 9. The van der Waals surface area contributed by atoms with Crippen molar-refractivity contribution in [2.75, 3.05) is 7.11 Å². The molecule has 3 heteroatoms. The van der Waals surface area contributed by atoms with E-state index in [4.69, 9.17) is 4.74 Å². The lowest BCUT2D eigenvalue weighted by molar-refractivity contribution is -0.119. The summed E-state index contributed by atoms with van der Waals surface area (Å²) in [7, 11) is 1.60. The zero-order chi connectivity index (χ0) is 15.1. The lowest BCUT2D eigenvalue weighted by Gasteiger charge is -2.29. The summed E-state index contributed by atoms with van der Waals surface area (Å²) in [5, 5.41) is 0. The summed E-state index contributed by atoms with van der Waals surface area (Å²) in [6.07, 6.45) is 3.41. The average Bonchev–Trinajstić information content (AvgIpc) is 2.40. The van der Waals surface area contributed by atoms with Gasteiger partial charge >= 0.3 is 0 Å². The van der Waals surface area contributed by atoms with Crippen LogP contribution in [0.15, 0.2) is 11.8 Å². The molecule has 0 N–H and O–H groups in total. The van der Waals surface area contributed by atoms with Crippen LogP contribution in [0, 0.1) is 11.3 Å². The zero-order valence-corrected chi connectivity index (χ0v) is 13.3. The molecule has 0 saturated heterocycles. The van der Waals surface area contributed by atoms with Crippen molar-refractivity contribution in [1.82, 2.24) is 0 Å². The van der Waals surface area contributed by atoms with Crippen molar-refractivity contribution in [3.05, 3.63) is 11.8 Å². The fourth-order valence-corrected chi connectivity index (χ4v) is 2.20. The summed E-state index contributed by atoms with van der Waals surface area (Å²) < 4.78 is 18.5.